The molecule has 19 heteroatoms. The number of carboxylic acid groups (broad SMARTS) is 4. The first-order valence-corrected chi connectivity index (χ1v) is 5.49. The van der Waals surface area contributed by atoms with Gasteiger partial charge in [-0.05, 0) is 0 Å². The van der Waals surface area contributed by atoms with Crippen LogP contribution in [0.3, 0.4) is 0 Å². The first-order chi connectivity index (χ1) is 7.46. The average Bonchev–Trinajstić information content (AvgIpc) is 1.70. The number of rotatable bonds is 0. The molecular formula is C2H9Ag2NaO14S2. The van der Waals surface area contributed by atoms with Gasteiger partial charge in [0.2, 0.25) is 0 Å². The van der Waals surface area contributed by atoms with Crippen LogP contribution in [0.25, 0.3) is 0 Å². The first-order valence-electron chi connectivity index (χ1n) is 2.70. The Morgan fingerprint density at radius 1 is 0.571 bits per heavy atom. The Hall–Kier alpha value is 0.761. The molecule has 2 radical (unpaired) electrons. The zero-order valence-corrected chi connectivity index (χ0v) is 13.0. The van der Waals surface area contributed by atoms with Gasteiger partial charge in [0.15, 0.2) is 0 Å². The van der Waals surface area contributed by atoms with Gasteiger partial charge >= 0.3 is 62.7 Å². The summed E-state index contributed by atoms with van der Waals surface area (Å²) in [5.41, 5.74) is 0. The summed E-state index contributed by atoms with van der Waals surface area (Å²) in [6.07, 6.45) is -3.67. The Kier molecular flexibility index (Phi) is 47.2. The van der Waals surface area contributed by atoms with Crippen molar-refractivity contribution in [2.24, 2.45) is 0 Å². The van der Waals surface area contributed by atoms with E-state index in [1.807, 2.05) is 0 Å². The van der Waals surface area contributed by atoms with Crippen LogP contribution in [0.1, 0.15) is 0 Å². The molecule has 0 saturated heterocycles. The van der Waals surface area contributed by atoms with Gasteiger partial charge in [0.05, 0.1) is 0 Å². The molecule has 0 aliphatic rings. The van der Waals surface area contributed by atoms with E-state index >= 15 is 0 Å². The van der Waals surface area contributed by atoms with Crippen LogP contribution in [0.5, 0.6) is 0 Å². The minimum atomic E-state index is -4.67. The van der Waals surface area contributed by atoms with Gasteiger partial charge in [-0.15, -0.1) is 0 Å². The molecule has 0 atom stereocenters. The fraction of sp³-hybridized carbons (Fsp3) is 0. The molecule has 0 heterocycles. The van der Waals surface area contributed by atoms with Crippen molar-refractivity contribution in [2.45, 2.75) is 0 Å². The molecule has 0 aliphatic carbocycles. The fourth-order valence-corrected chi connectivity index (χ4v) is 0. The summed E-state index contributed by atoms with van der Waals surface area (Å²) in [6, 6.07) is 0. The van der Waals surface area contributed by atoms with E-state index in [1.54, 1.807) is 0 Å². The monoisotopic (exact) mass is 558 g/mol. The van der Waals surface area contributed by atoms with E-state index in [0.717, 1.165) is 0 Å². The summed E-state index contributed by atoms with van der Waals surface area (Å²) >= 11 is 0. The molecule has 0 aromatic heterocycles. The van der Waals surface area contributed by atoms with E-state index in [2.05, 4.69) is 0 Å². The SMILES string of the molecule is O=C(O)O.O=C(O)O.O=S(=O)(O)O.O=S(=O)(O)O.[Ag].[Ag].[NaH]. The van der Waals surface area contributed by atoms with Crippen molar-refractivity contribution in [3.63, 3.8) is 0 Å². The maximum atomic E-state index is 8.74. The normalized spacial score (nSPS) is 7.81. The van der Waals surface area contributed by atoms with E-state index < -0.39 is 33.1 Å². The van der Waals surface area contributed by atoms with Crippen LogP contribution in [0, 0.1) is 0 Å². The quantitative estimate of drug-likeness (QED) is 0.124. The van der Waals surface area contributed by atoms with Crippen molar-refractivity contribution < 1.29 is 110 Å². The van der Waals surface area contributed by atoms with E-state index in [1.165, 1.54) is 0 Å². The molecule has 0 aliphatic heterocycles. The Labute approximate surface area is 171 Å². The van der Waals surface area contributed by atoms with E-state index in [0.29, 0.717) is 0 Å². The van der Waals surface area contributed by atoms with Crippen molar-refractivity contribution >= 4 is 62.7 Å². The van der Waals surface area contributed by atoms with Crippen molar-refractivity contribution in [3.05, 3.63) is 0 Å². The zero-order chi connectivity index (χ0) is 16.2. The van der Waals surface area contributed by atoms with E-state index in [9.17, 15) is 0 Å². The van der Waals surface area contributed by atoms with Gasteiger partial charge in [0.1, 0.15) is 0 Å². The molecule has 0 saturated carbocycles. The van der Waals surface area contributed by atoms with Gasteiger partial charge in [0, 0.05) is 44.8 Å². The van der Waals surface area contributed by atoms with Crippen LogP contribution in [0.15, 0.2) is 0 Å². The fourth-order valence-electron chi connectivity index (χ4n) is 0. The van der Waals surface area contributed by atoms with Gasteiger partial charge in [-0.1, -0.05) is 0 Å². The summed E-state index contributed by atoms with van der Waals surface area (Å²) in [4.78, 5) is 17.1. The molecule has 0 rings (SSSR count). The van der Waals surface area contributed by atoms with Crippen LogP contribution in [-0.4, -0.2) is 97.3 Å². The van der Waals surface area contributed by atoms with E-state index in [-0.39, 0.29) is 74.3 Å². The van der Waals surface area contributed by atoms with Gasteiger partial charge in [-0.2, -0.15) is 16.8 Å². The summed E-state index contributed by atoms with van der Waals surface area (Å²) in [5, 5.41) is 27.9. The Bertz CT molecular complexity index is 360. The molecule has 21 heavy (non-hydrogen) atoms. The zero-order valence-electron chi connectivity index (χ0n) is 8.45. The summed E-state index contributed by atoms with van der Waals surface area (Å²) < 4.78 is 63.2. The molecule has 0 spiro atoms. The molecular weight excluding hydrogens is 551 g/mol. The molecule has 0 bridgehead atoms. The van der Waals surface area contributed by atoms with Crippen LogP contribution in [0.4, 0.5) is 9.59 Å². The van der Waals surface area contributed by atoms with Crippen molar-refractivity contribution in [1.29, 1.82) is 0 Å². The van der Waals surface area contributed by atoms with Crippen LogP contribution in [0.2, 0.25) is 0 Å². The molecule has 136 valence electrons. The third-order valence-electron chi connectivity index (χ3n) is 0. The predicted molar refractivity (Wildman–Crippen MR) is 56.8 cm³/mol. The number of carbonyl (C=O) groups is 2. The van der Waals surface area contributed by atoms with Crippen LogP contribution < -0.4 is 0 Å². The van der Waals surface area contributed by atoms with Crippen LogP contribution >= 0.6 is 0 Å². The second kappa shape index (κ2) is 23.0. The summed E-state index contributed by atoms with van der Waals surface area (Å²) in [7, 11) is -9.33. The first kappa shape index (κ1) is 43.0. The Balaban J connectivity index is -0.0000000239. The third-order valence-corrected chi connectivity index (χ3v) is 0. The Morgan fingerprint density at radius 2 is 0.571 bits per heavy atom. The van der Waals surface area contributed by atoms with Crippen LogP contribution in [-0.2, 0) is 65.6 Å². The number of hydrogen-bond acceptors (Lipinski definition) is 6. The molecule has 8 N–H and O–H groups in total. The molecule has 14 nitrogen and oxygen atoms in total. The predicted octanol–water partition coefficient (Wildman–Crippen LogP) is -1.51. The summed E-state index contributed by atoms with van der Waals surface area (Å²) in [6.45, 7) is 0. The van der Waals surface area contributed by atoms with E-state index in [4.69, 9.17) is 65.1 Å². The standard InChI is InChI=1S/2CH2O3.2Ag.Na.2H2O4S.H/c2*2-1(3)4;;;;2*1-5(2,3)4;/h2*(H2,2,3,4);;;;2*(H2,1,2,3,4);. The maximum absolute atomic E-state index is 8.74. The van der Waals surface area contributed by atoms with Gasteiger partial charge in [-0.3, -0.25) is 18.2 Å². The molecule has 0 fully saturated rings. The molecule has 0 amide bonds. The van der Waals surface area contributed by atoms with Crippen molar-refractivity contribution in [1.82, 2.24) is 0 Å². The van der Waals surface area contributed by atoms with Gasteiger partial charge in [0.25, 0.3) is 0 Å². The topological polar surface area (TPSA) is 264 Å². The minimum absolute atomic E-state index is 0. The summed E-state index contributed by atoms with van der Waals surface area (Å²) in [5.74, 6) is 0. The van der Waals surface area contributed by atoms with Crippen molar-refractivity contribution in [3.8, 4) is 0 Å². The van der Waals surface area contributed by atoms with Gasteiger partial charge < -0.3 is 20.4 Å². The molecule has 0 aromatic carbocycles. The third kappa shape index (κ3) is 12600. The van der Waals surface area contributed by atoms with Gasteiger partial charge in [-0.25, -0.2) is 9.59 Å². The second-order valence-corrected chi connectivity index (χ2v) is 3.25. The average molecular weight is 560 g/mol. The number of hydrogen-bond donors (Lipinski definition) is 8. The van der Waals surface area contributed by atoms with Crippen molar-refractivity contribution in [2.75, 3.05) is 0 Å². The Morgan fingerprint density at radius 3 is 0.571 bits per heavy atom. The second-order valence-electron chi connectivity index (χ2n) is 1.46. The molecule has 0 aromatic rings. The molecule has 0 unspecified atom stereocenters.